The second-order valence-electron chi connectivity index (χ2n) is 4.04. The van der Waals surface area contributed by atoms with Crippen LogP contribution < -0.4 is 0 Å². The highest BCUT2D eigenvalue weighted by molar-refractivity contribution is 5.77. The molecule has 0 N–H and O–H groups in total. The van der Waals surface area contributed by atoms with Crippen molar-refractivity contribution in [2.75, 3.05) is 40.8 Å². The monoisotopic (exact) mass is 213 g/mol. The van der Waals surface area contributed by atoms with E-state index >= 15 is 0 Å². The first-order valence-corrected chi connectivity index (χ1v) is 5.22. The summed E-state index contributed by atoms with van der Waals surface area (Å²) < 4.78 is 0. The lowest BCUT2D eigenvalue weighted by molar-refractivity contribution is -0.126. The van der Waals surface area contributed by atoms with Crippen molar-refractivity contribution in [3.05, 3.63) is 0 Å². The van der Waals surface area contributed by atoms with Crippen LogP contribution in [0.3, 0.4) is 0 Å². The first-order chi connectivity index (χ1) is 7.02. The fraction of sp³-hybridized carbons (Fsp3) is 0.800. The average molecular weight is 213 g/mol. The highest BCUT2D eigenvalue weighted by Crippen LogP contribution is 2.04. The van der Waals surface area contributed by atoms with Crippen LogP contribution in [0.1, 0.15) is 12.8 Å². The van der Waals surface area contributed by atoms with Gasteiger partial charge in [0.05, 0.1) is 0 Å². The summed E-state index contributed by atoms with van der Waals surface area (Å²) in [5, 5.41) is 0. The molecule has 0 aromatic carbocycles. The third kappa shape index (κ3) is 3.11. The number of nitrogens with zero attached hydrogens (tertiary/aromatic N) is 3. The summed E-state index contributed by atoms with van der Waals surface area (Å²) in [6.07, 6.45) is 1.81. The Morgan fingerprint density at radius 1 is 0.867 bits per heavy atom. The molecule has 0 aromatic rings. The molecule has 5 heteroatoms. The van der Waals surface area contributed by atoms with Gasteiger partial charge in [0.2, 0.25) is 5.91 Å². The first-order valence-electron chi connectivity index (χ1n) is 5.22. The zero-order chi connectivity index (χ0) is 11.4. The van der Waals surface area contributed by atoms with Gasteiger partial charge >= 0.3 is 6.03 Å². The molecule has 0 saturated carbocycles. The van der Waals surface area contributed by atoms with E-state index < -0.39 is 0 Å². The van der Waals surface area contributed by atoms with Gasteiger partial charge in [0.1, 0.15) is 0 Å². The van der Waals surface area contributed by atoms with Crippen molar-refractivity contribution < 1.29 is 9.59 Å². The third-order valence-corrected chi connectivity index (χ3v) is 2.73. The van der Waals surface area contributed by atoms with Crippen molar-refractivity contribution >= 4 is 11.9 Å². The van der Waals surface area contributed by atoms with Gasteiger partial charge in [-0.2, -0.15) is 0 Å². The van der Waals surface area contributed by atoms with Crippen LogP contribution in [0.15, 0.2) is 0 Å². The van der Waals surface area contributed by atoms with Gasteiger partial charge in [-0.1, -0.05) is 0 Å². The Morgan fingerprint density at radius 2 is 1.40 bits per heavy atom. The SMILES string of the molecule is CN1CCCC1=O.CN1CCN(C)C1=O. The predicted octanol–water partition coefficient (Wildman–Crippen LogP) is 0.222. The Hall–Kier alpha value is -1.26. The highest BCUT2D eigenvalue weighted by Gasteiger charge is 2.20. The minimum atomic E-state index is 0.130. The van der Waals surface area contributed by atoms with Crippen LogP contribution in [0.4, 0.5) is 4.79 Å². The number of rotatable bonds is 0. The van der Waals surface area contributed by atoms with Crippen LogP contribution >= 0.6 is 0 Å². The molecule has 2 saturated heterocycles. The van der Waals surface area contributed by atoms with Crippen molar-refractivity contribution in [1.29, 1.82) is 0 Å². The van der Waals surface area contributed by atoms with Gasteiger partial charge in [-0.15, -0.1) is 0 Å². The number of urea groups is 1. The van der Waals surface area contributed by atoms with Crippen molar-refractivity contribution in [3.63, 3.8) is 0 Å². The predicted molar refractivity (Wildman–Crippen MR) is 57.5 cm³/mol. The number of carbonyl (C=O) groups is 2. The molecule has 2 fully saturated rings. The Labute approximate surface area is 90.6 Å². The van der Waals surface area contributed by atoms with Gasteiger partial charge in [0, 0.05) is 47.2 Å². The largest absolute Gasteiger partial charge is 0.346 e. The summed E-state index contributed by atoms with van der Waals surface area (Å²) in [5.41, 5.74) is 0. The summed E-state index contributed by atoms with van der Waals surface area (Å²) in [7, 11) is 5.47. The number of likely N-dealkylation sites (N-methyl/N-ethyl adjacent to an activating group) is 2. The fourth-order valence-corrected chi connectivity index (χ4v) is 1.57. The molecule has 3 amide bonds. The molecule has 2 rings (SSSR count). The van der Waals surface area contributed by atoms with Crippen LogP contribution in [0.2, 0.25) is 0 Å². The molecule has 0 radical (unpaired) electrons. The standard InChI is InChI=1S/C5H10N2O.C5H9NO/c1-6-3-4-7(2)5(6)8;1-6-4-2-3-5(6)7/h3-4H2,1-2H3;2-4H2,1H3. The van der Waals surface area contributed by atoms with E-state index in [4.69, 9.17) is 0 Å². The number of carbonyl (C=O) groups excluding carboxylic acids is 2. The summed E-state index contributed by atoms with van der Waals surface area (Å²) in [4.78, 5) is 26.4. The van der Waals surface area contributed by atoms with Crippen LogP contribution in [0.25, 0.3) is 0 Å². The van der Waals surface area contributed by atoms with Gasteiger partial charge in [-0.25, -0.2) is 4.79 Å². The Morgan fingerprint density at radius 3 is 1.53 bits per heavy atom. The zero-order valence-electron chi connectivity index (χ0n) is 9.69. The van der Waals surface area contributed by atoms with Crippen LogP contribution in [-0.4, -0.2) is 67.4 Å². The summed E-state index contributed by atoms with van der Waals surface area (Å²) in [6, 6.07) is 0.130. The van der Waals surface area contributed by atoms with Gasteiger partial charge in [0.25, 0.3) is 0 Å². The number of hydrogen-bond donors (Lipinski definition) is 0. The quantitative estimate of drug-likeness (QED) is 0.578. The molecule has 0 bridgehead atoms. The van der Waals surface area contributed by atoms with Crippen LogP contribution in [-0.2, 0) is 4.79 Å². The molecule has 0 atom stereocenters. The second-order valence-corrected chi connectivity index (χ2v) is 4.04. The molecule has 0 spiro atoms. The van der Waals surface area contributed by atoms with E-state index in [9.17, 15) is 9.59 Å². The molecule has 2 aliphatic heterocycles. The lowest BCUT2D eigenvalue weighted by Gasteiger charge is -2.07. The van der Waals surface area contributed by atoms with Gasteiger partial charge in [0.15, 0.2) is 0 Å². The fourth-order valence-electron chi connectivity index (χ4n) is 1.57. The molecule has 2 heterocycles. The summed E-state index contributed by atoms with van der Waals surface area (Å²) in [5.74, 6) is 0.292. The van der Waals surface area contributed by atoms with Crippen LogP contribution in [0.5, 0.6) is 0 Å². The van der Waals surface area contributed by atoms with Gasteiger partial charge in [-0.3, -0.25) is 4.79 Å². The molecule has 0 unspecified atom stereocenters. The van der Waals surface area contributed by atoms with E-state index in [1.54, 1.807) is 14.7 Å². The summed E-state index contributed by atoms with van der Waals surface area (Å²) >= 11 is 0. The van der Waals surface area contributed by atoms with Gasteiger partial charge in [-0.05, 0) is 6.42 Å². The van der Waals surface area contributed by atoms with E-state index in [0.717, 1.165) is 32.5 Å². The molecule has 86 valence electrons. The maximum Gasteiger partial charge on any atom is 0.319 e. The minimum Gasteiger partial charge on any atom is -0.346 e. The van der Waals surface area contributed by atoms with Crippen LogP contribution in [0, 0.1) is 0 Å². The molecular formula is C10H19N3O2. The lowest BCUT2D eigenvalue weighted by atomic mass is 10.4. The van der Waals surface area contributed by atoms with E-state index in [2.05, 4.69) is 0 Å². The Balaban J connectivity index is 0.000000151. The Bertz CT molecular complexity index is 243. The molecule has 2 aliphatic rings. The van der Waals surface area contributed by atoms with Crippen molar-refractivity contribution in [2.24, 2.45) is 0 Å². The minimum absolute atomic E-state index is 0.130. The zero-order valence-corrected chi connectivity index (χ0v) is 9.69. The maximum absolute atomic E-state index is 10.8. The third-order valence-electron chi connectivity index (χ3n) is 2.73. The highest BCUT2D eigenvalue weighted by atomic mass is 16.2. The van der Waals surface area contributed by atoms with E-state index in [0.29, 0.717) is 5.91 Å². The van der Waals surface area contributed by atoms with Crippen molar-refractivity contribution in [2.45, 2.75) is 12.8 Å². The molecule has 15 heavy (non-hydrogen) atoms. The number of amides is 3. The van der Waals surface area contributed by atoms with E-state index in [-0.39, 0.29) is 6.03 Å². The molecule has 5 nitrogen and oxygen atoms in total. The average Bonchev–Trinajstić information content (AvgIpc) is 2.70. The normalized spacial score (nSPS) is 20.9. The maximum atomic E-state index is 10.8. The second kappa shape index (κ2) is 5.00. The Kier molecular flexibility index (Phi) is 3.94. The van der Waals surface area contributed by atoms with E-state index in [1.165, 1.54) is 0 Å². The smallest absolute Gasteiger partial charge is 0.319 e. The van der Waals surface area contributed by atoms with E-state index in [1.807, 2.05) is 21.1 Å². The molecular weight excluding hydrogens is 194 g/mol. The van der Waals surface area contributed by atoms with Crippen molar-refractivity contribution in [1.82, 2.24) is 14.7 Å². The van der Waals surface area contributed by atoms with Gasteiger partial charge < -0.3 is 14.7 Å². The lowest BCUT2D eigenvalue weighted by Crippen LogP contribution is -2.25. The topological polar surface area (TPSA) is 43.9 Å². The van der Waals surface area contributed by atoms with Crippen molar-refractivity contribution in [3.8, 4) is 0 Å². The molecule has 0 aliphatic carbocycles. The number of hydrogen-bond acceptors (Lipinski definition) is 2. The first kappa shape index (κ1) is 11.8. The summed E-state index contributed by atoms with van der Waals surface area (Å²) in [6.45, 7) is 2.70. The number of likely N-dealkylation sites (tertiary alicyclic amines) is 1. The molecule has 0 aromatic heterocycles.